The van der Waals surface area contributed by atoms with Gasteiger partial charge in [0.15, 0.2) is 0 Å². The van der Waals surface area contributed by atoms with E-state index in [1.54, 1.807) is 0 Å². The summed E-state index contributed by atoms with van der Waals surface area (Å²) in [5.74, 6) is -6.44. The Balaban J connectivity index is 3.02. The van der Waals surface area contributed by atoms with Gasteiger partial charge in [0.2, 0.25) is 29.5 Å². The van der Waals surface area contributed by atoms with Gasteiger partial charge in [-0.1, -0.05) is 0 Å². The Morgan fingerprint density at radius 3 is 1.91 bits per heavy atom. The number of nitrogens with zero attached hydrogens (tertiary/aromatic N) is 1. The average molecular weight is 501 g/mol. The van der Waals surface area contributed by atoms with Gasteiger partial charge in [0, 0.05) is 25.8 Å². The molecule has 0 bridgehead atoms. The highest BCUT2D eigenvalue weighted by Crippen LogP contribution is 2.20. The Morgan fingerprint density at radius 1 is 0.829 bits per heavy atom. The second-order valence-corrected chi connectivity index (χ2v) is 8.20. The van der Waals surface area contributed by atoms with Crippen LogP contribution in [0.4, 0.5) is 0 Å². The molecule has 10 N–H and O–H groups in total. The van der Waals surface area contributed by atoms with Crippen molar-refractivity contribution in [3.63, 3.8) is 0 Å². The summed E-state index contributed by atoms with van der Waals surface area (Å²) in [7, 11) is 0. The fourth-order valence-corrected chi connectivity index (χ4v) is 3.55. The van der Waals surface area contributed by atoms with Crippen molar-refractivity contribution in [3.05, 3.63) is 0 Å². The van der Waals surface area contributed by atoms with E-state index >= 15 is 0 Å². The average Bonchev–Trinajstić information content (AvgIpc) is 3.26. The van der Waals surface area contributed by atoms with Crippen molar-refractivity contribution in [3.8, 4) is 0 Å². The monoisotopic (exact) mass is 500 g/mol. The van der Waals surface area contributed by atoms with Crippen LogP contribution in [-0.4, -0.2) is 87.3 Å². The van der Waals surface area contributed by atoms with Crippen molar-refractivity contribution < 1.29 is 43.8 Å². The largest absolute Gasteiger partial charge is 0.481 e. The number of amides is 5. The third kappa shape index (κ3) is 9.95. The number of carbonyl (C=O) groups is 7. The van der Waals surface area contributed by atoms with E-state index in [0.29, 0.717) is 6.42 Å². The molecule has 15 heteroatoms. The number of primary amides is 2. The number of aliphatic carboxylic acids is 2. The van der Waals surface area contributed by atoms with E-state index in [1.807, 2.05) is 0 Å². The van der Waals surface area contributed by atoms with E-state index in [9.17, 15) is 38.7 Å². The highest BCUT2D eigenvalue weighted by Gasteiger charge is 2.38. The molecule has 0 aromatic rings. The van der Waals surface area contributed by atoms with Gasteiger partial charge in [-0.25, -0.2) is 4.79 Å². The zero-order chi connectivity index (χ0) is 26.7. The van der Waals surface area contributed by atoms with Crippen LogP contribution < -0.4 is 27.8 Å². The number of carbonyl (C=O) groups excluding carboxylic acids is 5. The van der Waals surface area contributed by atoms with Crippen LogP contribution in [0.25, 0.3) is 0 Å². The molecule has 35 heavy (non-hydrogen) atoms. The minimum atomic E-state index is -1.39. The van der Waals surface area contributed by atoms with Crippen LogP contribution in [0.3, 0.4) is 0 Å². The van der Waals surface area contributed by atoms with Crippen LogP contribution in [0.15, 0.2) is 0 Å². The van der Waals surface area contributed by atoms with Gasteiger partial charge < -0.3 is 42.9 Å². The van der Waals surface area contributed by atoms with Crippen LogP contribution in [0.2, 0.25) is 0 Å². The predicted molar refractivity (Wildman–Crippen MR) is 118 cm³/mol. The molecule has 1 fully saturated rings. The Labute approximate surface area is 200 Å². The maximum absolute atomic E-state index is 13.0. The molecule has 1 heterocycles. The molecular formula is C20H32N6O9. The fourth-order valence-electron chi connectivity index (χ4n) is 3.55. The van der Waals surface area contributed by atoms with Gasteiger partial charge in [0.05, 0.1) is 6.04 Å². The van der Waals surface area contributed by atoms with Gasteiger partial charge in [-0.05, 0) is 32.1 Å². The topological polar surface area (TPSA) is 265 Å². The lowest BCUT2D eigenvalue weighted by atomic mass is 10.1. The summed E-state index contributed by atoms with van der Waals surface area (Å²) in [6.45, 7) is 0.117. The molecule has 0 spiro atoms. The number of hydrogen-bond donors (Lipinski definition) is 7. The first-order valence-electron chi connectivity index (χ1n) is 11.0. The van der Waals surface area contributed by atoms with Crippen molar-refractivity contribution >= 4 is 41.5 Å². The molecule has 15 nitrogen and oxygen atoms in total. The van der Waals surface area contributed by atoms with E-state index < -0.39 is 72.1 Å². The SMILES string of the molecule is NC(=O)CCC(N)C(=O)NC(CCC(N)=O)C(=O)NC(CCC(=O)O)C(=O)N1CCCC1C(=O)O. The molecule has 5 amide bonds. The summed E-state index contributed by atoms with van der Waals surface area (Å²) < 4.78 is 0. The summed E-state index contributed by atoms with van der Waals surface area (Å²) in [5, 5.41) is 23.1. The number of nitrogens with one attached hydrogen (secondary N) is 2. The molecular weight excluding hydrogens is 468 g/mol. The minimum Gasteiger partial charge on any atom is -0.481 e. The third-order valence-corrected chi connectivity index (χ3v) is 5.43. The Hall–Kier alpha value is -3.75. The predicted octanol–water partition coefficient (Wildman–Crippen LogP) is -3.25. The maximum atomic E-state index is 13.0. The molecule has 0 radical (unpaired) electrons. The van der Waals surface area contributed by atoms with Gasteiger partial charge in [0.25, 0.3) is 0 Å². The first-order valence-corrected chi connectivity index (χ1v) is 11.0. The van der Waals surface area contributed by atoms with Crippen LogP contribution >= 0.6 is 0 Å². The van der Waals surface area contributed by atoms with Crippen LogP contribution in [-0.2, 0) is 33.6 Å². The van der Waals surface area contributed by atoms with Crippen LogP contribution in [0, 0.1) is 0 Å². The van der Waals surface area contributed by atoms with E-state index in [2.05, 4.69) is 10.6 Å². The highest BCUT2D eigenvalue weighted by atomic mass is 16.4. The standard InChI is InChI=1S/C20H32N6O9/c21-10(3-6-14(22)27)17(31)24-11(4-7-15(23)28)18(32)25-12(5-8-16(29)30)19(33)26-9-1-2-13(26)20(34)35/h10-13H,1-9,21H2,(H2,22,27)(H2,23,28)(H,24,31)(H,25,32)(H,29,30)(H,34,35). The van der Waals surface area contributed by atoms with Gasteiger partial charge in [-0.3, -0.25) is 28.8 Å². The summed E-state index contributed by atoms with van der Waals surface area (Å²) >= 11 is 0. The number of hydrogen-bond acceptors (Lipinski definition) is 8. The number of likely N-dealkylation sites (tertiary alicyclic amines) is 1. The Kier molecular flexibility index (Phi) is 11.6. The molecule has 1 aliphatic rings. The molecule has 0 saturated carbocycles. The van der Waals surface area contributed by atoms with Gasteiger partial charge in [-0.15, -0.1) is 0 Å². The summed E-state index contributed by atoms with van der Waals surface area (Å²) in [5.41, 5.74) is 15.9. The molecule has 0 aromatic carbocycles. The van der Waals surface area contributed by atoms with E-state index in [0.717, 1.165) is 4.90 Å². The van der Waals surface area contributed by atoms with Crippen molar-refractivity contribution in [2.45, 2.75) is 75.5 Å². The van der Waals surface area contributed by atoms with Gasteiger partial charge in [-0.2, -0.15) is 0 Å². The quantitative estimate of drug-likeness (QED) is 0.118. The summed E-state index contributed by atoms with van der Waals surface area (Å²) in [4.78, 5) is 84.0. The smallest absolute Gasteiger partial charge is 0.326 e. The van der Waals surface area contributed by atoms with Gasteiger partial charge in [0.1, 0.15) is 18.1 Å². The second kappa shape index (κ2) is 13.8. The molecule has 1 rings (SSSR count). The second-order valence-electron chi connectivity index (χ2n) is 8.20. The molecule has 1 aliphatic heterocycles. The lowest BCUT2D eigenvalue weighted by molar-refractivity contribution is -0.150. The van der Waals surface area contributed by atoms with Crippen LogP contribution in [0.1, 0.15) is 51.4 Å². The lowest BCUT2D eigenvalue weighted by Crippen LogP contribution is -2.57. The van der Waals surface area contributed by atoms with E-state index in [1.165, 1.54) is 0 Å². The van der Waals surface area contributed by atoms with Crippen molar-refractivity contribution in [1.82, 2.24) is 15.5 Å². The molecule has 4 atom stereocenters. The molecule has 196 valence electrons. The molecule has 4 unspecified atom stereocenters. The molecule has 0 aliphatic carbocycles. The normalized spacial score (nSPS) is 17.6. The third-order valence-electron chi connectivity index (χ3n) is 5.43. The van der Waals surface area contributed by atoms with Crippen LogP contribution in [0.5, 0.6) is 0 Å². The minimum absolute atomic E-state index is 0.101. The number of carboxylic acids is 2. The zero-order valence-corrected chi connectivity index (χ0v) is 19.1. The first-order chi connectivity index (χ1) is 16.3. The Bertz CT molecular complexity index is 849. The van der Waals surface area contributed by atoms with E-state index in [-0.39, 0.29) is 45.1 Å². The Morgan fingerprint density at radius 2 is 1.37 bits per heavy atom. The molecule has 1 saturated heterocycles. The first kappa shape index (κ1) is 29.3. The van der Waals surface area contributed by atoms with Crippen molar-refractivity contribution in [2.24, 2.45) is 17.2 Å². The fraction of sp³-hybridized carbons (Fsp3) is 0.650. The summed E-state index contributed by atoms with van der Waals surface area (Å²) in [6.07, 6.45) is -1.05. The van der Waals surface area contributed by atoms with Crippen molar-refractivity contribution in [2.75, 3.05) is 6.54 Å². The maximum Gasteiger partial charge on any atom is 0.326 e. The highest BCUT2D eigenvalue weighted by molar-refractivity contribution is 5.94. The number of rotatable bonds is 15. The lowest BCUT2D eigenvalue weighted by Gasteiger charge is -2.28. The number of carboxylic acid groups (broad SMARTS) is 2. The van der Waals surface area contributed by atoms with Crippen molar-refractivity contribution in [1.29, 1.82) is 0 Å². The molecule has 0 aromatic heterocycles. The zero-order valence-electron chi connectivity index (χ0n) is 19.1. The van der Waals surface area contributed by atoms with Gasteiger partial charge >= 0.3 is 11.9 Å². The van der Waals surface area contributed by atoms with E-state index in [4.69, 9.17) is 22.3 Å². The number of nitrogens with two attached hydrogens (primary N) is 3. The summed E-state index contributed by atoms with van der Waals surface area (Å²) in [6, 6.07) is -5.07.